The van der Waals surface area contributed by atoms with Gasteiger partial charge >= 0.3 is 6.18 Å². The lowest BCUT2D eigenvalue weighted by Crippen LogP contribution is -2.50. The number of hydrogen-bond donors (Lipinski definition) is 2. The SMILES string of the molecule is CC[C@H](C)[C@@H](CN(Cc1ccccc1C(F)(F)F)C(=S)NC)NC(=O)Cc1cncn1Cc1ccc(C#N)cc1. The van der Waals surface area contributed by atoms with Gasteiger partial charge in [0.1, 0.15) is 0 Å². The van der Waals surface area contributed by atoms with Gasteiger partial charge in [0, 0.05) is 44.6 Å². The maximum atomic E-state index is 13.6. The van der Waals surface area contributed by atoms with Crippen LogP contribution in [0, 0.1) is 17.2 Å². The third-order valence-electron chi connectivity index (χ3n) is 6.86. The maximum Gasteiger partial charge on any atom is 0.416 e. The lowest BCUT2D eigenvalue weighted by molar-refractivity contribution is -0.138. The summed E-state index contributed by atoms with van der Waals surface area (Å²) in [5, 5.41) is 15.2. The summed E-state index contributed by atoms with van der Waals surface area (Å²) in [6.07, 6.45) is -0.373. The second kappa shape index (κ2) is 13.9. The summed E-state index contributed by atoms with van der Waals surface area (Å²) in [5.41, 5.74) is 1.64. The van der Waals surface area contributed by atoms with E-state index in [4.69, 9.17) is 17.5 Å². The predicted octanol–water partition coefficient (Wildman–Crippen LogP) is 4.90. The number of alkyl halides is 3. The Labute approximate surface area is 238 Å². The van der Waals surface area contributed by atoms with E-state index in [2.05, 4.69) is 21.7 Å². The van der Waals surface area contributed by atoms with Crippen LogP contribution in [0.2, 0.25) is 0 Å². The fourth-order valence-electron chi connectivity index (χ4n) is 4.35. The normalized spacial score (nSPS) is 12.7. The lowest BCUT2D eigenvalue weighted by atomic mass is 9.97. The van der Waals surface area contributed by atoms with E-state index < -0.39 is 11.7 Å². The van der Waals surface area contributed by atoms with Gasteiger partial charge in [-0.15, -0.1) is 0 Å². The highest BCUT2D eigenvalue weighted by atomic mass is 32.1. The third kappa shape index (κ3) is 8.29. The van der Waals surface area contributed by atoms with Crippen LogP contribution in [0.4, 0.5) is 13.2 Å². The predicted molar refractivity (Wildman–Crippen MR) is 151 cm³/mol. The molecule has 0 radical (unpaired) electrons. The summed E-state index contributed by atoms with van der Waals surface area (Å²) in [4.78, 5) is 19.0. The average Bonchev–Trinajstić information content (AvgIpc) is 3.37. The van der Waals surface area contributed by atoms with Crippen LogP contribution in [-0.4, -0.2) is 45.1 Å². The highest BCUT2D eigenvalue weighted by Gasteiger charge is 2.34. The van der Waals surface area contributed by atoms with Crippen molar-refractivity contribution in [3.63, 3.8) is 0 Å². The zero-order valence-corrected chi connectivity index (χ0v) is 23.5. The Kier molecular flexibility index (Phi) is 10.7. The molecule has 0 saturated heterocycles. The van der Waals surface area contributed by atoms with Crippen LogP contribution in [-0.2, 0) is 30.5 Å². The number of hydrogen-bond acceptors (Lipinski definition) is 4. The van der Waals surface area contributed by atoms with Crippen molar-refractivity contribution in [3.8, 4) is 6.07 Å². The van der Waals surface area contributed by atoms with Crippen molar-refractivity contribution in [3.05, 3.63) is 89.0 Å². The fraction of sp³-hybridized carbons (Fsp3) is 0.379. The zero-order valence-electron chi connectivity index (χ0n) is 22.7. The van der Waals surface area contributed by atoms with Gasteiger partial charge in [0.15, 0.2) is 5.11 Å². The van der Waals surface area contributed by atoms with E-state index in [0.717, 1.165) is 18.1 Å². The molecule has 0 unspecified atom stereocenters. The maximum absolute atomic E-state index is 13.6. The van der Waals surface area contributed by atoms with Crippen LogP contribution < -0.4 is 10.6 Å². The summed E-state index contributed by atoms with van der Waals surface area (Å²) in [6.45, 7) is 4.65. The Morgan fingerprint density at radius 3 is 2.52 bits per heavy atom. The molecule has 3 aromatic rings. The molecule has 11 heteroatoms. The molecule has 1 amide bonds. The van der Waals surface area contributed by atoms with Crippen LogP contribution in [0.15, 0.2) is 61.1 Å². The van der Waals surface area contributed by atoms with Crippen LogP contribution in [0.3, 0.4) is 0 Å². The van der Waals surface area contributed by atoms with Gasteiger partial charge < -0.3 is 20.1 Å². The van der Waals surface area contributed by atoms with Gasteiger partial charge in [0.2, 0.25) is 5.91 Å². The first-order valence-electron chi connectivity index (χ1n) is 12.9. The van der Waals surface area contributed by atoms with E-state index >= 15 is 0 Å². The largest absolute Gasteiger partial charge is 0.416 e. The number of nitrogens with zero attached hydrogens (tertiary/aromatic N) is 4. The summed E-state index contributed by atoms with van der Waals surface area (Å²) in [6, 6.07) is 14.4. The van der Waals surface area contributed by atoms with E-state index in [1.54, 1.807) is 42.7 Å². The first-order chi connectivity index (χ1) is 19.0. The molecule has 0 aliphatic carbocycles. The van der Waals surface area contributed by atoms with Crippen molar-refractivity contribution in [2.75, 3.05) is 13.6 Å². The van der Waals surface area contributed by atoms with Crippen molar-refractivity contribution in [1.29, 1.82) is 5.26 Å². The molecule has 0 bridgehead atoms. The fourth-order valence-corrected chi connectivity index (χ4v) is 4.49. The number of imidazole rings is 1. The molecular formula is C29H33F3N6OS. The highest BCUT2D eigenvalue weighted by Crippen LogP contribution is 2.32. The number of nitrogens with one attached hydrogen (secondary N) is 2. The van der Waals surface area contributed by atoms with Gasteiger partial charge in [-0.2, -0.15) is 18.4 Å². The topological polar surface area (TPSA) is 86.0 Å². The summed E-state index contributed by atoms with van der Waals surface area (Å²) >= 11 is 5.45. The van der Waals surface area contributed by atoms with Gasteiger partial charge in [0.25, 0.3) is 0 Å². The molecule has 0 spiro atoms. The molecule has 0 aliphatic heterocycles. The molecule has 7 nitrogen and oxygen atoms in total. The first-order valence-corrected chi connectivity index (χ1v) is 13.4. The minimum Gasteiger partial charge on any atom is -0.366 e. The molecule has 0 fully saturated rings. The smallest absolute Gasteiger partial charge is 0.366 e. The molecule has 0 saturated carbocycles. The number of rotatable bonds is 11. The summed E-state index contributed by atoms with van der Waals surface area (Å²) in [5.74, 6) is -0.189. The van der Waals surface area contributed by atoms with Crippen molar-refractivity contribution in [2.24, 2.45) is 5.92 Å². The van der Waals surface area contributed by atoms with Gasteiger partial charge in [-0.05, 0) is 47.5 Å². The van der Waals surface area contributed by atoms with Crippen LogP contribution >= 0.6 is 12.2 Å². The van der Waals surface area contributed by atoms with Gasteiger partial charge in [-0.25, -0.2) is 4.98 Å². The number of benzene rings is 2. The van der Waals surface area contributed by atoms with Gasteiger partial charge in [-0.3, -0.25) is 4.79 Å². The van der Waals surface area contributed by atoms with Crippen molar-refractivity contribution in [2.45, 2.75) is 52.0 Å². The van der Waals surface area contributed by atoms with Crippen molar-refractivity contribution in [1.82, 2.24) is 25.1 Å². The minimum atomic E-state index is -4.49. The van der Waals surface area contributed by atoms with Crippen molar-refractivity contribution >= 4 is 23.2 Å². The second-order valence-corrected chi connectivity index (χ2v) is 10.0. The van der Waals surface area contributed by atoms with Gasteiger partial charge in [-0.1, -0.05) is 50.6 Å². The Morgan fingerprint density at radius 1 is 1.20 bits per heavy atom. The number of nitriles is 1. The summed E-state index contributed by atoms with van der Waals surface area (Å²) < 4.78 is 42.8. The van der Waals surface area contributed by atoms with E-state index in [0.29, 0.717) is 22.9 Å². The quantitative estimate of drug-likeness (QED) is 0.319. The molecule has 1 heterocycles. The monoisotopic (exact) mass is 570 g/mol. The van der Waals surface area contributed by atoms with Crippen LogP contribution in [0.25, 0.3) is 0 Å². The van der Waals surface area contributed by atoms with E-state index in [9.17, 15) is 18.0 Å². The average molecular weight is 571 g/mol. The number of carbonyl (C=O) groups is 1. The first kappa shape index (κ1) is 30.6. The number of amides is 1. The number of thiocarbonyl (C=S) groups is 1. The molecular weight excluding hydrogens is 537 g/mol. The molecule has 2 N–H and O–H groups in total. The number of carbonyl (C=O) groups excluding carboxylic acids is 1. The molecule has 2 atom stereocenters. The molecule has 2 aromatic carbocycles. The van der Waals surface area contributed by atoms with Crippen LogP contribution in [0.1, 0.15) is 48.2 Å². The Balaban J connectivity index is 1.74. The van der Waals surface area contributed by atoms with Crippen LogP contribution in [0.5, 0.6) is 0 Å². The lowest BCUT2D eigenvalue weighted by Gasteiger charge is -2.33. The highest BCUT2D eigenvalue weighted by molar-refractivity contribution is 7.80. The zero-order chi connectivity index (χ0) is 29.3. The second-order valence-electron chi connectivity index (χ2n) is 9.65. The minimum absolute atomic E-state index is 0.0347. The van der Waals surface area contributed by atoms with E-state index in [-0.39, 0.29) is 42.9 Å². The van der Waals surface area contributed by atoms with E-state index in [1.165, 1.54) is 12.1 Å². The number of aromatic nitrogens is 2. The van der Waals surface area contributed by atoms with E-state index in [1.807, 2.05) is 30.5 Å². The third-order valence-corrected chi connectivity index (χ3v) is 7.32. The van der Waals surface area contributed by atoms with Crippen molar-refractivity contribution < 1.29 is 18.0 Å². The molecule has 0 aliphatic rings. The molecule has 40 heavy (non-hydrogen) atoms. The Hall–Kier alpha value is -3.91. The summed E-state index contributed by atoms with van der Waals surface area (Å²) in [7, 11) is 1.62. The number of halogens is 3. The molecule has 3 rings (SSSR count). The Morgan fingerprint density at radius 2 is 1.90 bits per heavy atom. The van der Waals surface area contributed by atoms with Gasteiger partial charge in [0.05, 0.1) is 29.9 Å². The molecule has 212 valence electrons. The molecule has 1 aromatic heterocycles. The Bertz CT molecular complexity index is 1330. The standard InChI is InChI=1S/C29H33F3N6OS/c1-4-20(2)26(18-37(28(40)34-3)17-23-7-5-6-8-25(23)29(30,31)32)36-27(39)13-24-15-35-19-38(24)16-22-11-9-21(14-33)10-12-22/h5-12,15,19-20,26H,4,13,16-18H2,1-3H3,(H,34,40)(H,36,39)/t20-,26+/m0/s1.